The van der Waals surface area contributed by atoms with Gasteiger partial charge in [-0.2, -0.15) is 5.26 Å². The minimum Gasteiger partial charge on any atom is -0.381 e. The summed E-state index contributed by atoms with van der Waals surface area (Å²) in [4.78, 5) is 4.26. The number of hydrogen-bond acceptors (Lipinski definition) is 3. The van der Waals surface area contributed by atoms with Gasteiger partial charge in [-0.1, -0.05) is 26.7 Å². The van der Waals surface area contributed by atoms with Crippen molar-refractivity contribution in [3.05, 3.63) is 24.0 Å². The van der Waals surface area contributed by atoms with Crippen LogP contribution >= 0.6 is 0 Å². The molecule has 1 heterocycles. The van der Waals surface area contributed by atoms with Crippen molar-refractivity contribution in [1.29, 1.82) is 5.26 Å². The molecule has 3 unspecified atom stereocenters. The lowest BCUT2D eigenvalue weighted by atomic mass is 9.49. The van der Waals surface area contributed by atoms with E-state index < -0.39 is 0 Å². The molecule has 1 aromatic rings. The largest absolute Gasteiger partial charge is 0.381 e. The molecule has 31 heavy (non-hydrogen) atoms. The van der Waals surface area contributed by atoms with Gasteiger partial charge in [0.25, 0.3) is 0 Å². The smallest absolute Gasteiger partial charge is 0.140 e. The summed E-state index contributed by atoms with van der Waals surface area (Å²) in [7, 11) is 0. The van der Waals surface area contributed by atoms with Crippen molar-refractivity contribution in [3.63, 3.8) is 0 Å². The Morgan fingerprint density at radius 2 is 1.94 bits per heavy atom. The molecule has 1 N–H and O–H groups in total. The minimum atomic E-state index is 0.456. The molecule has 0 radical (unpaired) electrons. The second-order valence-electron chi connectivity index (χ2n) is 11.7. The van der Waals surface area contributed by atoms with Gasteiger partial charge in [0.05, 0.1) is 11.9 Å². The molecular weight excluding hydrogens is 378 g/mol. The molecule has 168 valence electrons. The summed E-state index contributed by atoms with van der Waals surface area (Å²) < 4.78 is 0. The number of pyridine rings is 1. The van der Waals surface area contributed by atoms with Crippen LogP contribution in [0.2, 0.25) is 0 Å². The highest BCUT2D eigenvalue weighted by molar-refractivity contribution is 5.43. The van der Waals surface area contributed by atoms with Gasteiger partial charge < -0.3 is 5.32 Å². The molecular formula is C28H41N3. The van der Waals surface area contributed by atoms with Crippen LogP contribution in [0.5, 0.6) is 0 Å². The van der Waals surface area contributed by atoms with Crippen LogP contribution in [0.4, 0.5) is 5.69 Å². The molecule has 5 rings (SSSR count). The Kier molecular flexibility index (Phi) is 5.78. The lowest BCUT2D eigenvalue weighted by Crippen LogP contribution is -2.50. The fourth-order valence-corrected chi connectivity index (χ4v) is 9.09. The molecule has 9 atom stereocenters. The number of rotatable bonds is 4. The van der Waals surface area contributed by atoms with Gasteiger partial charge >= 0.3 is 0 Å². The maximum atomic E-state index is 9.01. The molecule has 0 aromatic carbocycles. The number of anilines is 1. The number of hydrogen-bond donors (Lipinski definition) is 1. The van der Waals surface area contributed by atoms with E-state index >= 15 is 0 Å². The van der Waals surface area contributed by atoms with E-state index in [-0.39, 0.29) is 0 Å². The van der Waals surface area contributed by atoms with Crippen LogP contribution in [0.15, 0.2) is 18.3 Å². The first-order valence-electron chi connectivity index (χ1n) is 13.2. The van der Waals surface area contributed by atoms with Gasteiger partial charge in [-0.25, -0.2) is 4.98 Å². The SMILES string of the molecule is CC[C@H]1CC[C@@H]2C3CC[C@@]4(C)C(CCC4[C@@H](C)Nc4ccc(C#N)nc4)[C@@H]3CC[C@@H]2C1. The van der Waals surface area contributed by atoms with E-state index in [4.69, 9.17) is 5.26 Å². The van der Waals surface area contributed by atoms with Gasteiger partial charge in [-0.15, -0.1) is 0 Å². The van der Waals surface area contributed by atoms with Crippen LogP contribution < -0.4 is 5.32 Å². The lowest BCUT2D eigenvalue weighted by Gasteiger charge is -2.57. The maximum absolute atomic E-state index is 9.01. The highest BCUT2D eigenvalue weighted by atomic mass is 14.9. The Bertz CT molecular complexity index is 811. The first kappa shape index (κ1) is 21.3. The third-order valence-electron chi connectivity index (χ3n) is 10.6. The van der Waals surface area contributed by atoms with E-state index in [1.165, 1.54) is 64.2 Å². The van der Waals surface area contributed by atoms with E-state index in [0.717, 1.165) is 47.1 Å². The zero-order chi connectivity index (χ0) is 21.6. The van der Waals surface area contributed by atoms with Gasteiger partial charge in [-0.05, 0) is 117 Å². The number of aromatic nitrogens is 1. The van der Waals surface area contributed by atoms with Crippen LogP contribution in [0.25, 0.3) is 0 Å². The van der Waals surface area contributed by atoms with E-state index in [2.05, 4.69) is 37.1 Å². The van der Waals surface area contributed by atoms with Gasteiger partial charge in [0.2, 0.25) is 0 Å². The molecule has 0 spiro atoms. The molecule has 0 amide bonds. The van der Waals surface area contributed by atoms with Crippen LogP contribution in [0.1, 0.15) is 90.7 Å². The van der Waals surface area contributed by atoms with Crippen molar-refractivity contribution in [3.8, 4) is 6.07 Å². The van der Waals surface area contributed by atoms with Gasteiger partial charge in [0, 0.05) is 6.04 Å². The third kappa shape index (κ3) is 3.69. The second-order valence-corrected chi connectivity index (χ2v) is 11.7. The fourth-order valence-electron chi connectivity index (χ4n) is 9.09. The molecule has 4 aliphatic rings. The average Bonchev–Trinajstić information content (AvgIpc) is 3.16. The first-order chi connectivity index (χ1) is 15.0. The van der Waals surface area contributed by atoms with Crippen molar-refractivity contribution < 1.29 is 0 Å². The van der Waals surface area contributed by atoms with E-state index in [9.17, 15) is 0 Å². The fraction of sp³-hybridized carbons (Fsp3) is 0.786. The van der Waals surface area contributed by atoms with Crippen molar-refractivity contribution in [2.45, 2.75) is 91.0 Å². The Labute approximate surface area is 189 Å². The molecule has 4 saturated carbocycles. The number of nitrogens with zero attached hydrogens (tertiary/aromatic N) is 2. The molecule has 3 heteroatoms. The molecule has 0 aliphatic heterocycles. The van der Waals surface area contributed by atoms with E-state index in [1.54, 1.807) is 0 Å². The monoisotopic (exact) mass is 419 g/mol. The standard InChI is InChI=1S/C28H41N3/c1-4-19-5-9-23-20(15-19)6-10-25-24(23)13-14-28(3)26(11-12-27(25)28)18(2)31-22-8-7-21(16-29)30-17-22/h7-8,17-20,23-27,31H,4-6,9-15H2,1-3H3/t18-,19+,20-,23+,24?,25-,26?,27?,28-/m1/s1. The summed E-state index contributed by atoms with van der Waals surface area (Å²) in [5.74, 6) is 6.81. The van der Waals surface area contributed by atoms with Gasteiger partial charge in [0.15, 0.2) is 0 Å². The Morgan fingerprint density at radius 1 is 1.10 bits per heavy atom. The molecule has 3 nitrogen and oxygen atoms in total. The zero-order valence-corrected chi connectivity index (χ0v) is 19.8. The van der Waals surface area contributed by atoms with Gasteiger partial charge in [-0.3, -0.25) is 0 Å². The number of nitrogens with one attached hydrogen (secondary N) is 1. The number of nitriles is 1. The minimum absolute atomic E-state index is 0.456. The Hall–Kier alpha value is -1.56. The lowest BCUT2D eigenvalue weighted by molar-refractivity contribution is -0.0694. The van der Waals surface area contributed by atoms with E-state index in [0.29, 0.717) is 17.2 Å². The summed E-state index contributed by atoms with van der Waals surface area (Å²) in [6, 6.07) is 6.41. The normalized spacial score (nSPS) is 42.6. The number of fused-ring (bicyclic) bond motifs is 5. The quantitative estimate of drug-likeness (QED) is 0.569. The molecule has 0 bridgehead atoms. The summed E-state index contributed by atoms with van der Waals surface area (Å²) >= 11 is 0. The molecule has 1 aromatic heterocycles. The van der Waals surface area contributed by atoms with Gasteiger partial charge in [0.1, 0.15) is 11.8 Å². The maximum Gasteiger partial charge on any atom is 0.140 e. The second kappa shape index (κ2) is 8.42. The summed E-state index contributed by atoms with van der Waals surface area (Å²) in [6.45, 7) is 7.43. The first-order valence-corrected chi connectivity index (χ1v) is 13.2. The van der Waals surface area contributed by atoms with Crippen molar-refractivity contribution in [2.24, 2.45) is 46.8 Å². The van der Waals surface area contributed by atoms with E-state index in [1.807, 2.05) is 18.3 Å². The molecule has 0 saturated heterocycles. The van der Waals surface area contributed by atoms with Crippen molar-refractivity contribution in [2.75, 3.05) is 5.32 Å². The Morgan fingerprint density at radius 3 is 2.68 bits per heavy atom. The zero-order valence-electron chi connectivity index (χ0n) is 19.8. The highest BCUT2D eigenvalue weighted by Crippen LogP contribution is 2.65. The summed E-state index contributed by atoms with van der Waals surface area (Å²) in [6.07, 6.45) is 16.6. The van der Waals surface area contributed by atoms with Crippen LogP contribution in [-0.4, -0.2) is 11.0 Å². The van der Waals surface area contributed by atoms with Crippen LogP contribution in [0.3, 0.4) is 0 Å². The predicted molar refractivity (Wildman–Crippen MR) is 126 cm³/mol. The molecule has 4 aliphatic carbocycles. The van der Waals surface area contributed by atoms with Crippen molar-refractivity contribution in [1.82, 2.24) is 4.98 Å². The summed E-state index contributed by atoms with van der Waals surface area (Å²) in [5.41, 5.74) is 2.04. The highest BCUT2D eigenvalue weighted by Gasteiger charge is 2.57. The summed E-state index contributed by atoms with van der Waals surface area (Å²) in [5, 5.41) is 12.8. The average molecular weight is 420 g/mol. The third-order valence-corrected chi connectivity index (χ3v) is 10.6. The van der Waals surface area contributed by atoms with Crippen LogP contribution in [0, 0.1) is 58.2 Å². The topological polar surface area (TPSA) is 48.7 Å². The Balaban J connectivity index is 1.28. The molecule has 4 fully saturated rings. The van der Waals surface area contributed by atoms with Crippen molar-refractivity contribution >= 4 is 5.69 Å². The van der Waals surface area contributed by atoms with Crippen LogP contribution in [-0.2, 0) is 0 Å². The predicted octanol–water partition coefficient (Wildman–Crippen LogP) is 7.05.